The number of aromatic nitrogens is 2. The van der Waals surface area contributed by atoms with Crippen molar-refractivity contribution in [2.24, 2.45) is 0 Å². The van der Waals surface area contributed by atoms with Gasteiger partial charge in [0.1, 0.15) is 5.03 Å². The third-order valence-corrected chi connectivity index (χ3v) is 6.34. The zero-order valence-corrected chi connectivity index (χ0v) is 17.5. The van der Waals surface area contributed by atoms with E-state index < -0.39 is 0 Å². The van der Waals surface area contributed by atoms with E-state index in [1.54, 1.807) is 0 Å². The van der Waals surface area contributed by atoms with E-state index in [2.05, 4.69) is 15.9 Å². The van der Waals surface area contributed by atoms with Gasteiger partial charge in [0.05, 0.1) is 10.8 Å². The quantitative estimate of drug-likeness (QED) is 0.414. The van der Waals surface area contributed by atoms with Crippen LogP contribution in [-0.2, 0) is 4.79 Å². The molecule has 0 unspecified atom stereocenters. The normalized spacial score (nSPS) is 15.3. The van der Waals surface area contributed by atoms with Crippen LogP contribution in [0.25, 0.3) is 22.3 Å². The van der Waals surface area contributed by atoms with E-state index in [-0.39, 0.29) is 11.2 Å². The second-order valence-corrected chi connectivity index (χ2v) is 8.91. The summed E-state index contributed by atoms with van der Waals surface area (Å²) < 4.78 is 1.02. The summed E-state index contributed by atoms with van der Waals surface area (Å²) in [6.07, 6.45) is 2.21. The highest BCUT2D eigenvalue weighted by Gasteiger charge is 2.25. The van der Waals surface area contributed by atoms with Crippen molar-refractivity contribution in [1.82, 2.24) is 14.9 Å². The second kappa shape index (κ2) is 7.98. The fraction of sp³-hybridized carbons (Fsp3) is 0.286. The van der Waals surface area contributed by atoms with Crippen LogP contribution in [0.2, 0.25) is 0 Å². The van der Waals surface area contributed by atoms with Gasteiger partial charge in [-0.25, -0.2) is 9.97 Å². The number of amides is 1. The first-order chi connectivity index (χ1) is 13.1. The summed E-state index contributed by atoms with van der Waals surface area (Å²) in [5.41, 5.74) is 1.86. The Bertz CT molecular complexity index is 971. The molecule has 0 aliphatic carbocycles. The lowest BCUT2D eigenvalue weighted by molar-refractivity contribution is -0.129. The summed E-state index contributed by atoms with van der Waals surface area (Å²) in [6.45, 7) is 3.72. The Morgan fingerprint density at radius 3 is 2.52 bits per heavy atom. The van der Waals surface area contributed by atoms with E-state index in [0.29, 0.717) is 5.82 Å². The zero-order valence-electron chi connectivity index (χ0n) is 15.1. The third kappa shape index (κ3) is 4.01. The van der Waals surface area contributed by atoms with Crippen LogP contribution in [0.1, 0.15) is 19.8 Å². The molecule has 0 N–H and O–H groups in total. The smallest absolute Gasteiger partial charge is 0.235 e. The molecule has 138 valence electrons. The molecule has 1 aliphatic heterocycles. The Hall–Kier alpha value is -1.92. The summed E-state index contributed by atoms with van der Waals surface area (Å²) in [6, 6.07) is 16.0. The van der Waals surface area contributed by atoms with E-state index in [0.717, 1.165) is 51.9 Å². The number of halogens is 1. The fourth-order valence-electron chi connectivity index (χ4n) is 3.28. The summed E-state index contributed by atoms with van der Waals surface area (Å²) in [5.74, 6) is 0.884. The predicted octanol–water partition coefficient (Wildman–Crippen LogP) is 5.16. The van der Waals surface area contributed by atoms with Crippen molar-refractivity contribution < 1.29 is 4.79 Å². The monoisotopic (exact) mass is 441 g/mol. The first-order valence-electron chi connectivity index (χ1n) is 9.10. The first kappa shape index (κ1) is 18.4. The molecule has 0 bridgehead atoms. The van der Waals surface area contributed by atoms with E-state index in [4.69, 9.17) is 9.97 Å². The van der Waals surface area contributed by atoms with Gasteiger partial charge in [-0.2, -0.15) is 0 Å². The van der Waals surface area contributed by atoms with Gasteiger partial charge in [-0.05, 0) is 38.0 Å². The molecule has 0 saturated carbocycles. The number of fused-ring (bicyclic) bond motifs is 1. The van der Waals surface area contributed by atoms with Crippen LogP contribution in [0.3, 0.4) is 0 Å². The number of likely N-dealkylation sites (tertiary alicyclic amines) is 1. The largest absolute Gasteiger partial charge is 0.342 e. The van der Waals surface area contributed by atoms with Crippen molar-refractivity contribution in [3.05, 3.63) is 53.0 Å². The lowest BCUT2D eigenvalue weighted by Crippen LogP contribution is -2.34. The van der Waals surface area contributed by atoms with Crippen molar-refractivity contribution in [2.75, 3.05) is 13.1 Å². The van der Waals surface area contributed by atoms with Gasteiger partial charge >= 0.3 is 0 Å². The number of benzene rings is 2. The fourth-order valence-corrected chi connectivity index (χ4v) is 4.57. The molecule has 1 aliphatic rings. The van der Waals surface area contributed by atoms with Crippen LogP contribution in [0.15, 0.2) is 58.0 Å². The van der Waals surface area contributed by atoms with Crippen molar-refractivity contribution in [3.63, 3.8) is 0 Å². The number of rotatable bonds is 4. The standard InChI is InChI=1S/C21H20BrN3OS/c1-14(21(26)25-12-4-5-13-25)27-20-17-6-2-3-7-18(17)23-19(24-20)15-8-10-16(22)11-9-15/h2-3,6-11,14H,4-5,12-13H2,1H3/t14-/m1/s1. The minimum Gasteiger partial charge on any atom is -0.342 e. The Balaban J connectivity index is 1.70. The number of carbonyl (C=O) groups is 1. The van der Waals surface area contributed by atoms with Crippen molar-refractivity contribution in [2.45, 2.75) is 30.0 Å². The SMILES string of the molecule is C[C@@H](Sc1nc(-c2ccc(Br)cc2)nc2ccccc12)C(=O)N1CCCC1. The average molecular weight is 442 g/mol. The number of hydrogen-bond acceptors (Lipinski definition) is 4. The topological polar surface area (TPSA) is 46.1 Å². The Labute approximate surface area is 171 Å². The number of hydrogen-bond donors (Lipinski definition) is 0. The summed E-state index contributed by atoms with van der Waals surface area (Å²) in [5, 5.41) is 1.68. The maximum Gasteiger partial charge on any atom is 0.235 e. The van der Waals surface area contributed by atoms with Gasteiger partial charge in [0.15, 0.2) is 5.82 Å². The molecule has 27 heavy (non-hydrogen) atoms. The van der Waals surface area contributed by atoms with Gasteiger partial charge in [0.2, 0.25) is 5.91 Å². The van der Waals surface area contributed by atoms with Gasteiger partial charge < -0.3 is 4.90 Å². The molecule has 0 radical (unpaired) electrons. The molecule has 4 rings (SSSR count). The highest BCUT2D eigenvalue weighted by atomic mass is 79.9. The van der Waals surface area contributed by atoms with Crippen molar-refractivity contribution in [3.8, 4) is 11.4 Å². The minimum absolute atomic E-state index is 0.167. The van der Waals surface area contributed by atoms with E-state index >= 15 is 0 Å². The maximum absolute atomic E-state index is 12.7. The van der Waals surface area contributed by atoms with E-state index in [9.17, 15) is 4.79 Å². The third-order valence-electron chi connectivity index (χ3n) is 4.72. The second-order valence-electron chi connectivity index (χ2n) is 6.67. The highest BCUT2D eigenvalue weighted by Crippen LogP contribution is 2.32. The van der Waals surface area contributed by atoms with Crippen molar-refractivity contribution >= 4 is 44.5 Å². The molecule has 6 heteroatoms. The lowest BCUT2D eigenvalue weighted by Gasteiger charge is -2.20. The number of para-hydroxylation sites is 1. The van der Waals surface area contributed by atoms with E-state index in [1.165, 1.54) is 11.8 Å². The van der Waals surface area contributed by atoms with Gasteiger partial charge in [-0.1, -0.05) is 58.0 Å². The number of nitrogens with zero attached hydrogens (tertiary/aromatic N) is 3. The highest BCUT2D eigenvalue weighted by molar-refractivity contribution is 9.10. The minimum atomic E-state index is -0.167. The molecule has 1 atom stereocenters. The molecule has 1 saturated heterocycles. The first-order valence-corrected chi connectivity index (χ1v) is 10.8. The zero-order chi connectivity index (χ0) is 18.8. The molecule has 4 nitrogen and oxygen atoms in total. The molecule has 1 fully saturated rings. The summed E-state index contributed by atoms with van der Waals surface area (Å²) >= 11 is 4.99. The molecule has 0 spiro atoms. The average Bonchev–Trinajstić information content (AvgIpc) is 3.22. The van der Waals surface area contributed by atoms with Gasteiger partial charge in [0, 0.05) is 28.5 Å². The van der Waals surface area contributed by atoms with E-state index in [1.807, 2.05) is 60.4 Å². The summed E-state index contributed by atoms with van der Waals surface area (Å²) in [4.78, 5) is 24.2. The van der Waals surface area contributed by atoms with Gasteiger partial charge in [-0.15, -0.1) is 0 Å². The number of thioether (sulfide) groups is 1. The molecule has 2 aromatic carbocycles. The predicted molar refractivity (Wildman–Crippen MR) is 114 cm³/mol. The van der Waals surface area contributed by atoms with Crippen LogP contribution in [0.5, 0.6) is 0 Å². The van der Waals surface area contributed by atoms with Gasteiger partial charge in [0.25, 0.3) is 0 Å². The maximum atomic E-state index is 12.7. The molecule has 1 aromatic heterocycles. The van der Waals surface area contributed by atoms with Gasteiger partial charge in [-0.3, -0.25) is 4.79 Å². The lowest BCUT2D eigenvalue weighted by atomic mass is 10.2. The van der Waals surface area contributed by atoms with Crippen LogP contribution in [0.4, 0.5) is 0 Å². The molecular formula is C21H20BrN3OS. The molecule has 1 amide bonds. The van der Waals surface area contributed by atoms with Crippen molar-refractivity contribution in [1.29, 1.82) is 0 Å². The Morgan fingerprint density at radius 1 is 1.07 bits per heavy atom. The number of carbonyl (C=O) groups excluding carboxylic acids is 1. The van der Waals surface area contributed by atoms with Crippen LogP contribution in [-0.4, -0.2) is 39.1 Å². The molecule has 3 aromatic rings. The van der Waals surface area contributed by atoms with Crippen LogP contribution >= 0.6 is 27.7 Å². The Morgan fingerprint density at radius 2 is 1.78 bits per heavy atom. The Kier molecular flexibility index (Phi) is 5.45. The summed E-state index contributed by atoms with van der Waals surface area (Å²) in [7, 11) is 0. The van der Waals surface area contributed by atoms with Crippen LogP contribution in [0, 0.1) is 0 Å². The molecule has 2 heterocycles. The molecular weight excluding hydrogens is 422 g/mol. The van der Waals surface area contributed by atoms with Crippen LogP contribution < -0.4 is 0 Å².